The van der Waals surface area contributed by atoms with Gasteiger partial charge in [0.25, 0.3) is 0 Å². The maximum Gasteiger partial charge on any atom is 0.122 e. The van der Waals surface area contributed by atoms with Crippen molar-refractivity contribution in [2.45, 2.75) is 39.2 Å². The van der Waals surface area contributed by atoms with E-state index in [4.69, 9.17) is 16.3 Å². The molecule has 0 radical (unpaired) electrons. The van der Waals surface area contributed by atoms with Crippen molar-refractivity contribution in [3.8, 4) is 5.75 Å². The summed E-state index contributed by atoms with van der Waals surface area (Å²) in [5.41, 5.74) is 3.67. The zero-order valence-corrected chi connectivity index (χ0v) is 18.5. The van der Waals surface area contributed by atoms with Gasteiger partial charge >= 0.3 is 0 Å². The number of rotatable bonds is 8. The van der Waals surface area contributed by atoms with Gasteiger partial charge < -0.3 is 14.7 Å². The first kappa shape index (κ1) is 21.9. The van der Waals surface area contributed by atoms with Crippen molar-refractivity contribution in [3.63, 3.8) is 0 Å². The van der Waals surface area contributed by atoms with Crippen LogP contribution in [0.3, 0.4) is 0 Å². The molecule has 1 fully saturated rings. The molecule has 0 aromatic heterocycles. The number of halogens is 1. The van der Waals surface area contributed by atoms with Gasteiger partial charge in [-0.05, 0) is 48.6 Å². The first-order chi connectivity index (χ1) is 14.0. The molecule has 2 aromatic carbocycles. The van der Waals surface area contributed by atoms with E-state index in [1.807, 2.05) is 30.3 Å². The minimum Gasteiger partial charge on any atom is -0.491 e. The normalized spacial score (nSPS) is 17.2. The molecule has 3 rings (SSSR count). The van der Waals surface area contributed by atoms with Crippen LogP contribution >= 0.6 is 11.6 Å². The zero-order chi connectivity index (χ0) is 20.8. The first-order valence-corrected chi connectivity index (χ1v) is 11.0. The van der Waals surface area contributed by atoms with Gasteiger partial charge in [-0.15, -0.1) is 0 Å². The lowest BCUT2D eigenvalue weighted by Crippen LogP contribution is -2.49. The van der Waals surface area contributed by atoms with E-state index in [0.717, 1.165) is 43.4 Å². The Morgan fingerprint density at radius 1 is 1.10 bits per heavy atom. The van der Waals surface area contributed by atoms with Crippen molar-refractivity contribution in [1.82, 2.24) is 4.90 Å². The third kappa shape index (κ3) is 5.88. The van der Waals surface area contributed by atoms with Crippen LogP contribution in [-0.4, -0.2) is 55.4 Å². The molecule has 1 aliphatic rings. The molecule has 4 nitrogen and oxygen atoms in total. The van der Waals surface area contributed by atoms with Gasteiger partial charge in [-0.25, -0.2) is 0 Å². The smallest absolute Gasteiger partial charge is 0.122 e. The Morgan fingerprint density at radius 3 is 2.55 bits per heavy atom. The van der Waals surface area contributed by atoms with Gasteiger partial charge in [-0.1, -0.05) is 49.7 Å². The van der Waals surface area contributed by atoms with Crippen LogP contribution in [0.5, 0.6) is 5.75 Å². The maximum atomic E-state index is 10.5. The Morgan fingerprint density at radius 2 is 1.83 bits per heavy atom. The molecular weight excluding hydrogens is 384 g/mol. The van der Waals surface area contributed by atoms with E-state index in [0.29, 0.717) is 19.1 Å². The van der Waals surface area contributed by atoms with Crippen molar-refractivity contribution in [2.24, 2.45) is 0 Å². The summed E-state index contributed by atoms with van der Waals surface area (Å²) in [6.07, 6.45) is 0.568. The molecule has 0 unspecified atom stereocenters. The van der Waals surface area contributed by atoms with E-state index < -0.39 is 6.10 Å². The second kappa shape index (κ2) is 10.3. The fraction of sp³-hybridized carbons (Fsp3) is 0.500. The second-order valence-electron chi connectivity index (χ2n) is 8.03. The molecule has 158 valence electrons. The van der Waals surface area contributed by atoms with Gasteiger partial charge in [0.15, 0.2) is 0 Å². The zero-order valence-electron chi connectivity index (χ0n) is 17.8. The Balaban J connectivity index is 1.48. The van der Waals surface area contributed by atoms with E-state index >= 15 is 0 Å². The molecule has 1 aliphatic heterocycles. The number of benzene rings is 2. The number of hydrogen-bond donors (Lipinski definition) is 1. The predicted octanol–water partition coefficient (Wildman–Crippen LogP) is 4.72. The van der Waals surface area contributed by atoms with Gasteiger partial charge in [-0.3, -0.25) is 4.90 Å². The SMILES string of the molecule is CC[C@H](C)c1ccccc1OC[C@@H](O)CN1CCN(c2cc(Cl)ccc2C)CC1. The number of β-amino-alcohol motifs (C(OH)–C–C–N with tert-alkyl or cyclic N) is 1. The average molecular weight is 417 g/mol. The summed E-state index contributed by atoms with van der Waals surface area (Å²) in [6.45, 7) is 11.2. The van der Waals surface area contributed by atoms with Crippen LogP contribution in [0, 0.1) is 6.92 Å². The summed E-state index contributed by atoms with van der Waals surface area (Å²) < 4.78 is 5.98. The number of aliphatic hydroxyl groups excluding tert-OH is 1. The number of anilines is 1. The number of aryl methyl sites for hydroxylation is 1. The molecule has 2 atom stereocenters. The fourth-order valence-electron chi connectivity index (χ4n) is 3.87. The molecule has 1 saturated heterocycles. The molecular formula is C24H33ClN2O2. The monoisotopic (exact) mass is 416 g/mol. The summed E-state index contributed by atoms with van der Waals surface area (Å²) in [4.78, 5) is 4.69. The lowest BCUT2D eigenvalue weighted by atomic mass is 9.98. The van der Waals surface area contributed by atoms with Crippen molar-refractivity contribution in [1.29, 1.82) is 0 Å². The van der Waals surface area contributed by atoms with Crippen LogP contribution in [0.15, 0.2) is 42.5 Å². The highest BCUT2D eigenvalue weighted by Gasteiger charge is 2.21. The lowest BCUT2D eigenvalue weighted by Gasteiger charge is -2.37. The van der Waals surface area contributed by atoms with Crippen LogP contribution in [0.1, 0.15) is 37.3 Å². The predicted molar refractivity (Wildman–Crippen MR) is 121 cm³/mol. The highest BCUT2D eigenvalue weighted by molar-refractivity contribution is 6.30. The highest BCUT2D eigenvalue weighted by atomic mass is 35.5. The summed E-state index contributed by atoms with van der Waals surface area (Å²) in [7, 11) is 0. The topological polar surface area (TPSA) is 35.9 Å². The summed E-state index contributed by atoms with van der Waals surface area (Å²) in [6, 6.07) is 14.2. The molecule has 0 amide bonds. The molecule has 1 heterocycles. The maximum absolute atomic E-state index is 10.5. The highest BCUT2D eigenvalue weighted by Crippen LogP contribution is 2.28. The van der Waals surface area contributed by atoms with Crippen LogP contribution < -0.4 is 9.64 Å². The molecule has 0 bridgehead atoms. The largest absolute Gasteiger partial charge is 0.491 e. The molecule has 0 saturated carbocycles. The summed E-state index contributed by atoms with van der Waals surface area (Å²) in [5, 5.41) is 11.3. The number of piperazine rings is 1. The van der Waals surface area contributed by atoms with E-state index in [-0.39, 0.29) is 0 Å². The van der Waals surface area contributed by atoms with Crippen molar-refractivity contribution in [3.05, 3.63) is 58.6 Å². The average Bonchev–Trinajstić information content (AvgIpc) is 2.74. The molecule has 1 N–H and O–H groups in total. The van der Waals surface area contributed by atoms with E-state index in [1.54, 1.807) is 0 Å². The standard InChI is InChI=1S/C24H33ClN2O2/c1-4-18(2)22-7-5-6-8-24(22)29-17-21(28)16-26-11-13-27(14-12-26)23-15-20(25)10-9-19(23)3/h5-10,15,18,21,28H,4,11-14,16-17H2,1-3H3/t18-,21-/m0/s1. The Bertz CT molecular complexity index is 790. The van der Waals surface area contributed by atoms with Gasteiger partial charge in [0, 0.05) is 43.4 Å². The second-order valence-corrected chi connectivity index (χ2v) is 8.47. The van der Waals surface area contributed by atoms with Gasteiger partial charge in [0.1, 0.15) is 18.5 Å². The van der Waals surface area contributed by atoms with Crippen LogP contribution in [0.4, 0.5) is 5.69 Å². The number of para-hydroxylation sites is 1. The Labute approximate surface area is 180 Å². The Kier molecular flexibility index (Phi) is 7.82. The van der Waals surface area contributed by atoms with Crippen molar-refractivity contribution >= 4 is 17.3 Å². The molecule has 0 spiro atoms. The molecule has 0 aliphatic carbocycles. The minimum absolute atomic E-state index is 0.320. The van der Waals surface area contributed by atoms with Gasteiger partial charge in [0.2, 0.25) is 0 Å². The summed E-state index contributed by atoms with van der Waals surface area (Å²) in [5.74, 6) is 1.34. The lowest BCUT2D eigenvalue weighted by molar-refractivity contribution is 0.0658. The first-order valence-electron chi connectivity index (χ1n) is 10.6. The molecule has 5 heteroatoms. The molecule has 29 heavy (non-hydrogen) atoms. The third-order valence-corrected chi connectivity index (χ3v) is 6.08. The summed E-state index contributed by atoms with van der Waals surface area (Å²) >= 11 is 6.17. The molecule has 2 aromatic rings. The quantitative estimate of drug-likeness (QED) is 0.675. The Hall–Kier alpha value is -1.75. The number of aliphatic hydroxyl groups is 1. The van der Waals surface area contributed by atoms with Crippen molar-refractivity contribution < 1.29 is 9.84 Å². The third-order valence-electron chi connectivity index (χ3n) is 5.85. The minimum atomic E-state index is -0.501. The van der Waals surface area contributed by atoms with Gasteiger partial charge in [0.05, 0.1) is 0 Å². The van der Waals surface area contributed by atoms with Crippen LogP contribution in [-0.2, 0) is 0 Å². The van der Waals surface area contributed by atoms with E-state index in [9.17, 15) is 5.11 Å². The van der Waals surface area contributed by atoms with E-state index in [1.165, 1.54) is 16.8 Å². The van der Waals surface area contributed by atoms with E-state index in [2.05, 4.69) is 42.7 Å². The van der Waals surface area contributed by atoms with Crippen LogP contribution in [0.25, 0.3) is 0 Å². The number of hydrogen-bond acceptors (Lipinski definition) is 4. The number of ether oxygens (including phenoxy) is 1. The van der Waals surface area contributed by atoms with Crippen LogP contribution in [0.2, 0.25) is 5.02 Å². The van der Waals surface area contributed by atoms with Gasteiger partial charge in [-0.2, -0.15) is 0 Å². The fourth-order valence-corrected chi connectivity index (χ4v) is 4.04. The van der Waals surface area contributed by atoms with Crippen molar-refractivity contribution in [2.75, 3.05) is 44.2 Å². The number of nitrogens with zero attached hydrogens (tertiary/aromatic N) is 2.